The molecule has 0 atom stereocenters. The third-order valence-electron chi connectivity index (χ3n) is 1.77. The van der Waals surface area contributed by atoms with Crippen LogP contribution in [0, 0.1) is 0 Å². The van der Waals surface area contributed by atoms with Crippen LogP contribution in [0.4, 0.5) is 0 Å². The topological polar surface area (TPSA) is 72.8 Å². The summed E-state index contributed by atoms with van der Waals surface area (Å²) in [4.78, 5) is 22.4. The Balaban J connectivity index is 3.43. The smallest absolute Gasteiger partial charge is 0.338 e. The molecule has 0 saturated heterocycles. The lowest BCUT2D eigenvalue weighted by molar-refractivity contribution is 0.0600. The van der Waals surface area contributed by atoms with Crippen molar-refractivity contribution in [1.29, 1.82) is 0 Å². The van der Waals surface area contributed by atoms with Crippen LogP contribution in [0.5, 0.6) is 11.5 Å². The van der Waals surface area contributed by atoms with Crippen LogP contribution < -0.4 is 10.2 Å². The molecule has 5 nitrogen and oxygen atoms in total. The molecule has 0 amide bonds. The molecular formula is C10H10O5. The van der Waals surface area contributed by atoms with E-state index in [1.807, 2.05) is 0 Å². The van der Waals surface area contributed by atoms with Crippen LogP contribution >= 0.6 is 0 Å². The van der Waals surface area contributed by atoms with E-state index in [0.29, 0.717) is 0 Å². The van der Waals surface area contributed by atoms with Gasteiger partial charge in [-0.05, 0) is 12.1 Å². The number of aromatic hydroxyl groups is 1. The van der Waals surface area contributed by atoms with Crippen LogP contribution in [0.1, 0.15) is 10.4 Å². The highest BCUT2D eigenvalue weighted by Crippen LogP contribution is 2.13. The van der Waals surface area contributed by atoms with Gasteiger partial charge >= 0.3 is 5.97 Å². The Morgan fingerprint density at radius 1 is 1.27 bits per heavy atom. The molecule has 1 aromatic rings. The van der Waals surface area contributed by atoms with E-state index in [1.165, 1.54) is 20.3 Å². The molecule has 0 aromatic heterocycles. The maximum absolute atomic E-state index is 11.2. The summed E-state index contributed by atoms with van der Waals surface area (Å²) in [5.41, 5.74) is -0.573. The van der Waals surface area contributed by atoms with Crippen molar-refractivity contribution in [3.8, 4) is 11.5 Å². The molecule has 80 valence electrons. The largest absolute Gasteiger partial charge is 0.504 e. The maximum atomic E-state index is 11.2. The molecule has 0 radical (unpaired) electrons. The predicted molar refractivity (Wildman–Crippen MR) is 52.3 cm³/mol. The fraction of sp³-hybridized carbons (Fsp3) is 0.200. The Kier molecular flexibility index (Phi) is 3.28. The van der Waals surface area contributed by atoms with Gasteiger partial charge in [0.1, 0.15) is 5.75 Å². The van der Waals surface area contributed by atoms with Gasteiger partial charge in [-0.3, -0.25) is 4.79 Å². The normalized spacial score (nSPS) is 9.47. The highest BCUT2D eigenvalue weighted by atomic mass is 16.5. The first kappa shape index (κ1) is 11.0. The molecule has 0 spiro atoms. The van der Waals surface area contributed by atoms with Crippen LogP contribution in [0.3, 0.4) is 0 Å². The molecule has 0 aliphatic rings. The second kappa shape index (κ2) is 4.45. The van der Waals surface area contributed by atoms with Crippen molar-refractivity contribution >= 4 is 5.97 Å². The molecule has 0 fully saturated rings. The van der Waals surface area contributed by atoms with E-state index < -0.39 is 17.1 Å². The first-order valence-electron chi connectivity index (χ1n) is 4.09. The number of rotatable bonds is 2. The van der Waals surface area contributed by atoms with Crippen LogP contribution in [0.25, 0.3) is 0 Å². The molecule has 1 aromatic carbocycles. The first-order valence-corrected chi connectivity index (χ1v) is 4.09. The van der Waals surface area contributed by atoms with Gasteiger partial charge in [0.25, 0.3) is 0 Å². The van der Waals surface area contributed by atoms with Crippen molar-refractivity contribution in [2.75, 3.05) is 14.2 Å². The number of carbonyl (C=O) groups excluding carboxylic acids is 1. The minimum Gasteiger partial charge on any atom is -0.504 e. The summed E-state index contributed by atoms with van der Waals surface area (Å²) in [6, 6.07) is 3.44. The molecule has 0 aliphatic carbocycles. The van der Waals surface area contributed by atoms with Crippen LogP contribution in [-0.2, 0) is 4.74 Å². The lowest BCUT2D eigenvalue weighted by Gasteiger charge is -1.97. The Morgan fingerprint density at radius 2 is 1.93 bits per heavy atom. The molecule has 1 N–H and O–H groups in total. The van der Waals surface area contributed by atoms with Gasteiger partial charge in [0.2, 0.25) is 5.43 Å². The molecule has 15 heavy (non-hydrogen) atoms. The number of esters is 1. The number of ether oxygens (including phenoxy) is 2. The zero-order chi connectivity index (χ0) is 11.4. The van der Waals surface area contributed by atoms with Gasteiger partial charge in [0, 0.05) is 6.07 Å². The molecule has 0 bridgehead atoms. The van der Waals surface area contributed by atoms with E-state index in [0.717, 1.165) is 12.1 Å². The van der Waals surface area contributed by atoms with Crippen molar-refractivity contribution in [3.05, 3.63) is 34.0 Å². The Morgan fingerprint density at radius 3 is 2.47 bits per heavy atom. The Labute approximate surface area is 85.9 Å². The van der Waals surface area contributed by atoms with Crippen LogP contribution in [0.2, 0.25) is 0 Å². The van der Waals surface area contributed by atoms with E-state index in [2.05, 4.69) is 4.74 Å². The van der Waals surface area contributed by atoms with Crippen LogP contribution in [0.15, 0.2) is 23.0 Å². The predicted octanol–water partition coefficient (Wildman–Crippen LogP) is 0.548. The summed E-state index contributed by atoms with van der Waals surface area (Å²) in [5.74, 6) is -1.00. The molecular weight excluding hydrogens is 200 g/mol. The second-order valence-electron chi connectivity index (χ2n) is 2.74. The van der Waals surface area contributed by atoms with E-state index in [-0.39, 0.29) is 11.3 Å². The van der Waals surface area contributed by atoms with Gasteiger partial charge in [0.05, 0.1) is 19.8 Å². The average Bonchev–Trinajstić information content (AvgIpc) is 2.38. The molecule has 0 heterocycles. The fourth-order valence-electron chi connectivity index (χ4n) is 1.01. The number of hydrogen-bond donors (Lipinski definition) is 1. The second-order valence-corrected chi connectivity index (χ2v) is 2.74. The summed E-state index contributed by atoms with van der Waals surface area (Å²) < 4.78 is 9.29. The Bertz CT molecular complexity index is 438. The summed E-state index contributed by atoms with van der Waals surface area (Å²) in [5, 5.41) is 9.25. The number of carbonyl (C=O) groups is 1. The zero-order valence-electron chi connectivity index (χ0n) is 8.31. The lowest BCUT2D eigenvalue weighted by atomic mass is 10.3. The summed E-state index contributed by atoms with van der Waals surface area (Å²) in [7, 11) is 2.56. The number of methoxy groups -OCH3 is 2. The van der Waals surface area contributed by atoms with E-state index in [4.69, 9.17) is 4.74 Å². The molecule has 1 rings (SSSR count). The third kappa shape index (κ3) is 2.46. The highest BCUT2D eigenvalue weighted by molar-refractivity contribution is 5.89. The van der Waals surface area contributed by atoms with Gasteiger partial charge < -0.3 is 14.6 Å². The van der Waals surface area contributed by atoms with Crippen LogP contribution in [-0.4, -0.2) is 25.3 Å². The molecule has 5 heteroatoms. The quantitative estimate of drug-likeness (QED) is 0.721. The van der Waals surface area contributed by atoms with Crippen molar-refractivity contribution in [2.24, 2.45) is 0 Å². The summed E-state index contributed by atoms with van der Waals surface area (Å²) in [6.45, 7) is 0. The minimum atomic E-state index is -0.654. The lowest BCUT2D eigenvalue weighted by Crippen LogP contribution is -1.99. The van der Waals surface area contributed by atoms with E-state index in [9.17, 15) is 14.7 Å². The van der Waals surface area contributed by atoms with Crippen molar-refractivity contribution in [3.63, 3.8) is 0 Å². The molecule has 0 saturated carbocycles. The van der Waals surface area contributed by atoms with Gasteiger partial charge in [-0.15, -0.1) is 0 Å². The SMILES string of the molecule is COC(=O)c1cc(OC)cc(=O)c(O)c1. The zero-order valence-corrected chi connectivity index (χ0v) is 8.31. The third-order valence-corrected chi connectivity index (χ3v) is 1.77. The Hall–Kier alpha value is -2.04. The van der Waals surface area contributed by atoms with Gasteiger partial charge in [-0.2, -0.15) is 0 Å². The number of hydrogen-bond acceptors (Lipinski definition) is 5. The summed E-state index contributed by atoms with van der Waals surface area (Å²) in [6.07, 6.45) is 0. The van der Waals surface area contributed by atoms with Gasteiger partial charge in [-0.25, -0.2) is 4.79 Å². The minimum absolute atomic E-state index is 0.0500. The average molecular weight is 210 g/mol. The van der Waals surface area contributed by atoms with Crippen molar-refractivity contribution in [1.82, 2.24) is 0 Å². The first-order chi connectivity index (χ1) is 7.08. The monoisotopic (exact) mass is 210 g/mol. The highest BCUT2D eigenvalue weighted by Gasteiger charge is 2.08. The fourth-order valence-corrected chi connectivity index (χ4v) is 1.01. The standard InChI is InChI=1S/C10H10O5/c1-14-7-3-6(10(13)15-2)4-8(11)9(12)5-7/h3-5H,1-2H3,(H,11,12). The van der Waals surface area contributed by atoms with Gasteiger partial charge in [0.15, 0.2) is 5.75 Å². The molecule has 0 aliphatic heterocycles. The molecule has 0 unspecified atom stereocenters. The van der Waals surface area contributed by atoms with Gasteiger partial charge in [-0.1, -0.05) is 0 Å². The van der Waals surface area contributed by atoms with E-state index >= 15 is 0 Å². The summed E-state index contributed by atoms with van der Waals surface area (Å²) >= 11 is 0. The van der Waals surface area contributed by atoms with E-state index in [1.54, 1.807) is 0 Å². The van der Waals surface area contributed by atoms with Crippen molar-refractivity contribution in [2.45, 2.75) is 0 Å². The van der Waals surface area contributed by atoms with Crippen molar-refractivity contribution < 1.29 is 19.4 Å². The maximum Gasteiger partial charge on any atom is 0.338 e.